The van der Waals surface area contributed by atoms with Crippen LogP contribution in [0.3, 0.4) is 0 Å². The van der Waals surface area contributed by atoms with Crippen molar-refractivity contribution in [2.75, 3.05) is 20.8 Å². The van der Waals surface area contributed by atoms with Crippen LogP contribution in [0.25, 0.3) is 0 Å². The predicted octanol–water partition coefficient (Wildman–Crippen LogP) is -1.28. The lowest BCUT2D eigenvalue weighted by Crippen LogP contribution is -2.41. The van der Waals surface area contributed by atoms with Gasteiger partial charge in [-0.25, -0.2) is 14.6 Å². The van der Waals surface area contributed by atoms with Crippen LogP contribution in [-0.4, -0.2) is 75.9 Å². The predicted molar refractivity (Wildman–Crippen MR) is 85.5 cm³/mol. The normalized spacial score (nSPS) is 22.3. The van der Waals surface area contributed by atoms with Gasteiger partial charge in [0.2, 0.25) is 0 Å². The van der Waals surface area contributed by atoms with E-state index in [9.17, 15) is 39.9 Å². The molecular weight excluding hydrogens is 438 g/mol. The average molecular weight is 451 g/mol. The molecule has 19 nitrogen and oxygen atoms in total. The second-order valence-corrected chi connectivity index (χ2v) is 5.50. The van der Waals surface area contributed by atoms with Crippen molar-refractivity contribution in [1.29, 1.82) is 0 Å². The summed E-state index contributed by atoms with van der Waals surface area (Å²) in [5.41, 5.74) is -1.18. The number of ether oxygens (including phenoxy) is 3. The molecule has 19 heteroatoms. The van der Waals surface area contributed by atoms with E-state index in [1.165, 1.54) is 0 Å². The van der Waals surface area contributed by atoms with Crippen molar-refractivity contribution >= 4 is 11.9 Å². The molecule has 170 valence electrons. The highest BCUT2D eigenvalue weighted by Crippen LogP contribution is 2.35. The van der Waals surface area contributed by atoms with Gasteiger partial charge in [0, 0.05) is 0 Å². The molecule has 1 fully saturated rings. The molecule has 1 saturated heterocycles. The number of rotatable bonds is 10. The average Bonchev–Trinajstić information content (AvgIpc) is 3.26. The molecule has 1 aromatic heterocycles. The highest BCUT2D eigenvalue weighted by atomic mass is 17.0. The number of carbonyl (C=O) groups excluding carboxylic acids is 2. The Kier molecular flexibility index (Phi) is 7.03. The van der Waals surface area contributed by atoms with E-state index < -0.39 is 69.7 Å². The zero-order valence-electron chi connectivity index (χ0n) is 15.5. The fourth-order valence-corrected chi connectivity index (χ4v) is 2.74. The van der Waals surface area contributed by atoms with Gasteiger partial charge in [-0.15, -0.1) is 30.3 Å². The highest BCUT2D eigenvalue weighted by molar-refractivity contribution is 6.00. The molecule has 0 N–H and O–H groups in total. The van der Waals surface area contributed by atoms with Crippen LogP contribution in [0.4, 0.5) is 0 Å². The van der Waals surface area contributed by atoms with Crippen LogP contribution >= 0.6 is 0 Å². The molecule has 31 heavy (non-hydrogen) atoms. The lowest BCUT2D eigenvalue weighted by molar-refractivity contribution is -0.799. The van der Waals surface area contributed by atoms with Crippen molar-refractivity contribution in [2.45, 2.75) is 24.5 Å². The summed E-state index contributed by atoms with van der Waals surface area (Å²) in [7, 11) is 1.94. The molecule has 0 spiro atoms. The minimum absolute atomic E-state index is 0.575. The van der Waals surface area contributed by atoms with E-state index in [4.69, 9.17) is 4.74 Å². The SMILES string of the molecule is COC(=O)c1ncn([C@@H]2O[C@H](CO[N+](=O)[O-])[C@@H](O[N+](=O)[O-])[C@H]2O[N+](=O)[O-])c1C(=O)OC. The van der Waals surface area contributed by atoms with E-state index in [0.717, 1.165) is 25.1 Å². The molecular formula is C12H13N5O14. The Morgan fingerprint density at radius 1 is 1.03 bits per heavy atom. The first-order valence-electron chi connectivity index (χ1n) is 7.89. The van der Waals surface area contributed by atoms with Crippen LogP contribution in [0, 0.1) is 30.3 Å². The molecule has 1 aromatic rings. The van der Waals surface area contributed by atoms with Gasteiger partial charge in [0.05, 0.1) is 20.5 Å². The third-order valence-corrected chi connectivity index (χ3v) is 3.87. The summed E-state index contributed by atoms with van der Waals surface area (Å²) in [6.07, 6.45) is -6.47. The van der Waals surface area contributed by atoms with Crippen LogP contribution in [0.1, 0.15) is 27.2 Å². The van der Waals surface area contributed by atoms with Gasteiger partial charge in [-0.1, -0.05) is 0 Å². The molecule has 0 aliphatic carbocycles. The minimum atomic E-state index is -1.95. The van der Waals surface area contributed by atoms with Crippen LogP contribution < -0.4 is 0 Å². The zero-order valence-corrected chi connectivity index (χ0v) is 15.5. The number of aromatic nitrogens is 2. The maximum atomic E-state index is 12.2. The maximum Gasteiger partial charge on any atom is 0.359 e. The number of methoxy groups -OCH3 is 2. The maximum absolute atomic E-state index is 12.2. The monoisotopic (exact) mass is 451 g/mol. The molecule has 4 atom stereocenters. The number of hydrogen-bond donors (Lipinski definition) is 0. The first-order valence-corrected chi connectivity index (χ1v) is 7.89. The Hall–Kier alpha value is -4.29. The summed E-state index contributed by atoms with van der Waals surface area (Å²) in [6.45, 7) is -0.953. The van der Waals surface area contributed by atoms with E-state index in [0.29, 0.717) is 0 Å². The van der Waals surface area contributed by atoms with Gasteiger partial charge >= 0.3 is 11.9 Å². The molecule has 0 unspecified atom stereocenters. The van der Waals surface area contributed by atoms with E-state index >= 15 is 0 Å². The molecule has 0 aromatic carbocycles. The molecule has 0 bridgehead atoms. The molecule has 2 heterocycles. The van der Waals surface area contributed by atoms with Gasteiger partial charge in [0.15, 0.2) is 29.8 Å². The second kappa shape index (κ2) is 9.47. The van der Waals surface area contributed by atoms with Crippen molar-refractivity contribution in [3.05, 3.63) is 48.1 Å². The summed E-state index contributed by atoms with van der Waals surface area (Å²) >= 11 is 0. The molecule has 0 amide bonds. The molecule has 1 aliphatic rings. The fourth-order valence-electron chi connectivity index (χ4n) is 2.74. The largest absolute Gasteiger partial charge is 0.464 e. The summed E-state index contributed by atoms with van der Waals surface area (Å²) < 4.78 is 15.1. The quantitative estimate of drug-likeness (QED) is 0.228. The number of imidazole rings is 1. The van der Waals surface area contributed by atoms with Crippen molar-refractivity contribution in [1.82, 2.24) is 9.55 Å². The first kappa shape index (κ1) is 23.0. The Morgan fingerprint density at radius 3 is 2.13 bits per heavy atom. The lowest BCUT2D eigenvalue weighted by atomic mass is 10.1. The smallest absolute Gasteiger partial charge is 0.359 e. The van der Waals surface area contributed by atoms with Crippen LogP contribution in [-0.2, 0) is 28.7 Å². The summed E-state index contributed by atoms with van der Waals surface area (Å²) in [5.74, 6) is -2.24. The first-order chi connectivity index (χ1) is 14.6. The molecule has 2 rings (SSSR count). The van der Waals surface area contributed by atoms with E-state index in [1.54, 1.807) is 0 Å². The second-order valence-electron chi connectivity index (χ2n) is 5.50. The Balaban J connectivity index is 2.55. The minimum Gasteiger partial charge on any atom is -0.464 e. The third-order valence-electron chi connectivity index (χ3n) is 3.87. The molecule has 0 radical (unpaired) electrons. The van der Waals surface area contributed by atoms with Gasteiger partial charge in [-0.05, 0) is 0 Å². The summed E-state index contributed by atoms with van der Waals surface area (Å²) in [6, 6.07) is 0. The Labute approximate surface area is 169 Å². The van der Waals surface area contributed by atoms with Gasteiger partial charge < -0.3 is 28.7 Å². The summed E-state index contributed by atoms with van der Waals surface area (Å²) in [5, 5.41) is 28.4. The van der Waals surface area contributed by atoms with Crippen molar-refractivity contribution in [3.8, 4) is 0 Å². The Morgan fingerprint density at radius 2 is 1.61 bits per heavy atom. The molecule has 0 saturated carbocycles. The topological polar surface area (TPSA) is 237 Å². The number of carbonyl (C=O) groups is 2. The van der Waals surface area contributed by atoms with Crippen LogP contribution in [0.2, 0.25) is 0 Å². The van der Waals surface area contributed by atoms with Crippen LogP contribution in [0.5, 0.6) is 0 Å². The van der Waals surface area contributed by atoms with Crippen molar-refractivity contribution < 1.29 is 53.6 Å². The molecule has 1 aliphatic heterocycles. The van der Waals surface area contributed by atoms with Gasteiger partial charge in [0.25, 0.3) is 15.3 Å². The fraction of sp³-hybridized carbons (Fsp3) is 0.583. The number of esters is 2. The summed E-state index contributed by atoms with van der Waals surface area (Å²) in [4.78, 5) is 72.9. The highest BCUT2D eigenvalue weighted by Gasteiger charge is 2.52. The van der Waals surface area contributed by atoms with Gasteiger partial charge in [-0.2, -0.15) is 0 Å². The van der Waals surface area contributed by atoms with E-state index in [2.05, 4.69) is 29.0 Å². The lowest BCUT2D eigenvalue weighted by Gasteiger charge is -2.21. The van der Waals surface area contributed by atoms with E-state index in [-0.39, 0.29) is 0 Å². The van der Waals surface area contributed by atoms with Crippen molar-refractivity contribution in [2.24, 2.45) is 0 Å². The number of nitrogens with zero attached hydrogens (tertiary/aromatic N) is 5. The Bertz CT molecular complexity index is 885. The van der Waals surface area contributed by atoms with Gasteiger partial charge in [-0.3, -0.25) is 4.57 Å². The third kappa shape index (κ3) is 5.01. The number of hydrogen-bond acceptors (Lipinski definition) is 15. The van der Waals surface area contributed by atoms with E-state index in [1.807, 2.05) is 0 Å². The van der Waals surface area contributed by atoms with Gasteiger partial charge in [0.1, 0.15) is 12.7 Å². The van der Waals surface area contributed by atoms with Crippen LogP contribution in [0.15, 0.2) is 6.33 Å². The standard InChI is InChI=1S/C12H13N5O14/c1-26-11(18)6-7(12(19)27-2)14(4-13-6)10-9(31-17(24)25)8(30-16(22)23)5(29-10)3-28-15(20)21/h4-5,8-10H,3H2,1-2H3/t5-,8-,9-,10-/m1/s1. The zero-order chi connectivity index (χ0) is 23.3. The van der Waals surface area contributed by atoms with Crippen molar-refractivity contribution in [3.63, 3.8) is 0 Å².